The Morgan fingerprint density at radius 3 is 2.83 bits per heavy atom. The molecule has 150 valence electrons. The Balaban J connectivity index is 1.77. The highest BCUT2D eigenvalue weighted by atomic mass is 32.2. The number of carbonyl (C=O) groups excluding carboxylic acids is 1. The van der Waals surface area contributed by atoms with Gasteiger partial charge >= 0.3 is 5.24 Å². The summed E-state index contributed by atoms with van der Waals surface area (Å²) < 4.78 is 7.55. The fourth-order valence-electron chi connectivity index (χ4n) is 3.44. The molecule has 0 bridgehead atoms. The number of nitrogens with zero attached hydrogens (tertiary/aromatic N) is 4. The van der Waals surface area contributed by atoms with Gasteiger partial charge in [-0.05, 0) is 31.2 Å². The third kappa shape index (κ3) is 3.73. The van der Waals surface area contributed by atoms with Crippen molar-refractivity contribution in [3.63, 3.8) is 0 Å². The van der Waals surface area contributed by atoms with Crippen molar-refractivity contribution in [1.82, 2.24) is 14.6 Å². The lowest BCUT2D eigenvalue weighted by atomic mass is 10.1. The van der Waals surface area contributed by atoms with Crippen molar-refractivity contribution >= 4 is 33.7 Å². The minimum absolute atomic E-state index is 0.0594. The molecular weight excluding hydrogens is 386 g/mol. The molecule has 0 fully saturated rings. The molecule has 0 radical (unpaired) electrons. The van der Waals surface area contributed by atoms with E-state index in [1.54, 1.807) is 7.11 Å². The maximum atomic E-state index is 12.0. The van der Waals surface area contributed by atoms with E-state index in [0.717, 1.165) is 46.0 Å². The predicted octanol–water partition coefficient (Wildman–Crippen LogP) is 3.56. The van der Waals surface area contributed by atoms with Gasteiger partial charge < -0.3 is 15.0 Å². The van der Waals surface area contributed by atoms with Crippen LogP contribution in [0.4, 0.5) is 4.79 Å². The number of ether oxygens (including phenoxy) is 1. The minimum Gasteiger partial charge on any atom is -0.497 e. The van der Waals surface area contributed by atoms with Crippen molar-refractivity contribution in [2.75, 3.05) is 26.0 Å². The van der Waals surface area contributed by atoms with Gasteiger partial charge in [-0.2, -0.15) is 5.10 Å². The monoisotopic (exact) mass is 409 g/mol. The largest absolute Gasteiger partial charge is 0.497 e. The van der Waals surface area contributed by atoms with Crippen LogP contribution in [0.15, 0.2) is 47.6 Å². The van der Waals surface area contributed by atoms with E-state index in [1.807, 2.05) is 36.4 Å². The highest BCUT2D eigenvalue weighted by Gasteiger charge is 2.22. The van der Waals surface area contributed by atoms with Crippen LogP contribution in [-0.2, 0) is 6.54 Å². The maximum absolute atomic E-state index is 12.0. The summed E-state index contributed by atoms with van der Waals surface area (Å²) in [6.45, 7) is 3.71. The first-order chi connectivity index (χ1) is 14.1. The molecule has 1 aliphatic rings. The van der Waals surface area contributed by atoms with Gasteiger partial charge in [0, 0.05) is 30.0 Å². The van der Waals surface area contributed by atoms with Crippen molar-refractivity contribution in [3.8, 4) is 17.1 Å². The van der Waals surface area contributed by atoms with Crippen LogP contribution >= 0.6 is 11.8 Å². The van der Waals surface area contributed by atoms with Crippen molar-refractivity contribution in [1.29, 1.82) is 0 Å². The Hall–Kier alpha value is -2.84. The number of fused-ring (bicyclic) bond motifs is 1. The SMILES string of the molecule is CCn1c(-c2cccc(OC)c2)nc2cc(C3=NN(CCN)C(=O)SC3)ccc21. The number of thioether (sulfide) groups is 1. The highest BCUT2D eigenvalue weighted by molar-refractivity contribution is 8.14. The summed E-state index contributed by atoms with van der Waals surface area (Å²) in [6, 6.07) is 14.1. The summed E-state index contributed by atoms with van der Waals surface area (Å²) in [4.78, 5) is 16.9. The van der Waals surface area contributed by atoms with Crippen LogP contribution in [0.5, 0.6) is 5.75 Å². The molecule has 0 unspecified atom stereocenters. The van der Waals surface area contributed by atoms with E-state index in [9.17, 15) is 4.79 Å². The zero-order valence-electron chi connectivity index (χ0n) is 16.5. The molecule has 0 spiro atoms. The third-order valence-corrected chi connectivity index (χ3v) is 5.73. The molecule has 2 N–H and O–H groups in total. The molecule has 0 atom stereocenters. The van der Waals surface area contributed by atoms with Crippen LogP contribution in [0, 0.1) is 0 Å². The summed E-state index contributed by atoms with van der Waals surface area (Å²) >= 11 is 1.25. The fraction of sp³-hybridized carbons (Fsp3) is 0.286. The van der Waals surface area contributed by atoms with E-state index in [4.69, 9.17) is 15.5 Å². The first kappa shape index (κ1) is 19.5. The van der Waals surface area contributed by atoms with Gasteiger partial charge in [-0.15, -0.1) is 0 Å². The highest BCUT2D eigenvalue weighted by Crippen LogP contribution is 2.29. The average Bonchev–Trinajstić information content (AvgIpc) is 3.13. The Kier molecular flexibility index (Phi) is 5.55. The average molecular weight is 410 g/mol. The van der Waals surface area contributed by atoms with Gasteiger partial charge in [0.05, 0.1) is 30.4 Å². The van der Waals surface area contributed by atoms with Crippen LogP contribution in [-0.4, -0.2) is 51.5 Å². The topological polar surface area (TPSA) is 85.7 Å². The Labute approximate surface area is 173 Å². The van der Waals surface area contributed by atoms with Crippen LogP contribution in [0.3, 0.4) is 0 Å². The smallest absolute Gasteiger partial charge is 0.302 e. The predicted molar refractivity (Wildman–Crippen MR) is 118 cm³/mol. The van der Waals surface area contributed by atoms with E-state index < -0.39 is 0 Å². The number of hydrazone groups is 1. The van der Waals surface area contributed by atoms with Gasteiger partial charge in [0.1, 0.15) is 11.6 Å². The van der Waals surface area contributed by atoms with Gasteiger partial charge in [0.15, 0.2) is 0 Å². The lowest BCUT2D eigenvalue weighted by molar-refractivity contribution is 0.226. The molecule has 2 aromatic carbocycles. The molecule has 1 aromatic heterocycles. The Bertz CT molecular complexity index is 1090. The molecule has 29 heavy (non-hydrogen) atoms. The van der Waals surface area contributed by atoms with Crippen LogP contribution < -0.4 is 10.5 Å². The molecule has 1 aliphatic heterocycles. The molecule has 0 saturated heterocycles. The fourth-order valence-corrected chi connectivity index (χ4v) is 4.20. The van der Waals surface area contributed by atoms with Gasteiger partial charge in [-0.1, -0.05) is 30.0 Å². The molecule has 4 rings (SSSR count). The number of benzene rings is 2. The number of hydrogen-bond donors (Lipinski definition) is 1. The molecule has 8 heteroatoms. The Morgan fingerprint density at radius 1 is 1.21 bits per heavy atom. The van der Waals surface area contributed by atoms with Crippen LogP contribution in [0.1, 0.15) is 12.5 Å². The van der Waals surface area contributed by atoms with E-state index in [1.165, 1.54) is 16.8 Å². The number of rotatable bonds is 6. The second kappa shape index (κ2) is 8.26. The quantitative estimate of drug-likeness (QED) is 0.673. The number of methoxy groups -OCH3 is 1. The molecule has 1 amide bonds. The van der Waals surface area contributed by atoms with E-state index >= 15 is 0 Å². The number of aromatic nitrogens is 2. The first-order valence-electron chi connectivity index (χ1n) is 9.51. The number of amides is 1. The number of imidazole rings is 1. The summed E-state index contributed by atoms with van der Waals surface area (Å²) in [5.74, 6) is 2.25. The van der Waals surface area contributed by atoms with Gasteiger partial charge in [0.2, 0.25) is 0 Å². The van der Waals surface area contributed by atoms with E-state index in [-0.39, 0.29) is 5.24 Å². The van der Waals surface area contributed by atoms with Crippen molar-refractivity contribution < 1.29 is 9.53 Å². The van der Waals surface area contributed by atoms with Gasteiger partial charge in [0.25, 0.3) is 0 Å². The third-order valence-electron chi connectivity index (χ3n) is 4.85. The molecule has 0 aliphatic carbocycles. The molecule has 0 saturated carbocycles. The van der Waals surface area contributed by atoms with Crippen molar-refractivity contribution in [3.05, 3.63) is 48.0 Å². The summed E-state index contributed by atoms with van der Waals surface area (Å²) in [6.07, 6.45) is 0. The molecule has 7 nitrogen and oxygen atoms in total. The van der Waals surface area contributed by atoms with Gasteiger partial charge in [-0.25, -0.2) is 9.99 Å². The number of carbonyl (C=O) groups is 1. The number of hydrogen-bond acceptors (Lipinski definition) is 6. The summed E-state index contributed by atoms with van der Waals surface area (Å²) in [7, 11) is 1.66. The maximum Gasteiger partial charge on any atom is 0.302 e. The summed E-state index contributed by atoms with van der Waals surface area (Å²) in [5, 5.41) is 5.89. The first-order valence-corrected chi connectivity index (χ1v) is 10.5. The van der Waals surface area contributed by atoms with Crippen molar-refractivity contribution in [2.24, 2.45) is 10.8 Å². The Morgan fingerprint density at radius 2 is 2.07 bits per heavy atom. The molecule has 2 heterocycles. The normalized spacial score (nSPS) is 14.4. The lowest BCUT2D eigenvalue weighted by Crippen LogP contribution is -2.33. The minimum atomic E-state index is -0.0594. The summed E-state index contributed by atoms with van der Waals surface area (Å²) in [5.41, 5.74) is 10.4. The number of nitrogens with two attached hydrogens (primary N) is 1. The van der Waals surface area contributed by atoms with Gasteiger partial charge in [-0.3, -0.25) is 4.79 Å². The van der Waals surface area contributed by atoms with Crippen LogP contribution in [0.25, 0.3) is 22.4 Å². The van der Waals surface area contributed by atoms with E-state index in [0.29, 0.717) is 18.8 Å². The van der Waals surface area contributed by atoms with E-state index in [2.05, 4.69) is 22.7 Å². The zero-order chi connectivity index (χ0) is 20.4. The molecular formula is C21H23N5O2S. The lowest BCUT2D eigenvalue weighted by Gasteiger charge is -2.22. The number of aryl methyl sites for hydroxylation is 1. The van der Waals surface area contributed by atoms with Crippen LogP contribution in [0.2, 0.25) is 0 Å². The van der Waals surface area contributed by atoms with Crippen molar-refractivity contribution in [2.45, 2.75) is 13.5 Å². The molecule has 3 aromatic rings. The zero-order valence-corrected chi connectivity index (χ0v) is 17.3. The second-order valence-corrected chi connectivity index (χ2v) is 7.55. The second-order valence-electron chi connectivity index (χ2n) is 6.63. The standard InChI is InChI=1S/C21H23N5O2S/c1-3-25-19-8-7-14(18-13-29-21(27)26(24-18)10-9-22)12-17(19)23-20(25)15-5-4-6-16(11-15)28-2/h4-8,11-12H,3,9-10,13,22H2,1-2H3.